The van der Waals surface area contributed by atoms with E-state index in [4.69, 9.17) is 5.73 Å². The van der Waals surface area contributed by atoms with Gasteiger partial charge < -0.3 is 5.73 Å². The Bertz CT molecular complexity index is 173. The fraction of sp³-hybridized carbons (Fsp3) is 0.750. The van der Waals surface area contributed by atoms with Gasteiger partial charge in [-0.15, -0.1) is 0 Å². The van der Waals surface area contributed by atoms with Crippen LogP contribution < -0.4 is 5.73 Å². The van der Waals surface area contributed by atoms with Crippen molar-refractivity contribution in [3.05, 3.63) is 0 Å². The quantitative estimate of drug-likeness (QED) is 0.658. The summed E-state index contributed by atoms with van der Waals surface area (Å²) in [5, 5.41) is 0. The van der Waals surface area contributed by atoms with E-state index in [0.29, 0.717) is 6.42 Å². The second kappa shape index (κ2) is 3.51. The molecule has 3 nitrogen and oxygen atoms in total. The first-order chi connectivity index (χ1) is 4.90. The molecule has 0 heterocycles. The van der Waals surface area contributed by atoms with E-state index < -0.39 is 11.3 Å². The Hall–Kier alpha value is -0.860. The predicted molar refractivity (Wildman–Crippen MR) is 42.9 cm³/mol. The van der Waals surface area contributed by atoms with Crippen molar-refractivity contribution in [3.8, 4) is 0 Å². The monoisotopic (exact) mass is 157 g/mol. The van der Waals surface area contributed by atoms with Crippen molar-refractivity contribution < 1.29 is 9.59 Å². The van der Waals surface area contributed by atoms with Crippen LogP contribution in [0, 0.1) is 5.41 Å². The lowest BCUT2D eigenvalue weighted by atomic mass is 9.86. The van der Waals surface area contributed by atoms with Crippen LogP contribution in [0.5, 0.6) is 0 Å². The van der Waals surface area contributed by atoms with Gasteiger partial charge in [-0.2, -0.15) is 0 Å². The normalized spacial score (nSPS) is 11.2. The number of carbonyl (C=O) groups is 2. The highest BCUT2D eigenvalue weighted by atomic mass is 16.1. The third-order valence-electron chi connectivity index (χ3n) is 1.70. The Labute approximate surface area is 67.0 Å². The molecule has 0 saturated heterocycles. The first-order valence-electron chi connectivity index (χ1n) is 3.71. The summed E-state index contributed by atoms with van der Waals surface area (Å²) in [4.78, 5) is 21.7. The Balaban J connectivity index is 4.12. The zero-order chi connectivity index (χ0) is 9.07. The molecule has 0 aromatic carbocycles. The standard InChI is InChI=1S/C8H15NO2/c1-4-6(10)5-8(2,3)7(9)11/h4-5H2,1-3H3,(H2,9,11). The Morgan fingerprint density at radius 1 is 1.36 bits per heavy atom. The average molecular weight is 157 g/mol. The molecule has 0 aliphatic carbocycles. The number of primary amides is 1. The van der Waals surface area contributed by atoms with Gasteiger partial charge in [0, 0.05) is 12.8 Å². The van der Waals surface area contributed by atoms with Crippen LogP contribution in [0.3, 0.4) is 0 Å². The summed E-state index contributed by atoms with van der Waals surface area (Å²) < 4.78 is 0. The van der Waals surface area contributed by atoms with E-state index in [1.54, 1.807) is 20.8 Å². The third kappa shape index (κ3) is 3.16. The highest BCUT2D eigenvalue weighted by Gasteiger charge is 2.26. The van der Waals surface area contributed by atoms with Gasteiger partial charge in [-0.05, 0) is 0 Å². The fourth-order valence-electron chi connectivity index (χ4n) is 0.705. The maximum absolute atomic E-state index is 10.9. The van der Waals surface area contributed by atoms with E-state index in [2.05, 4.69) is 0 Å². The molecule has 0 aliphatic heterocycles. The average Bonchev–Trinajstić information content (AvgIpc) is 1.86. The van der Waals surface area contributed by atoms with Gasteiger partial charge in [0.25, 0.3) is 0 Å². The maximum Gasteiger partial charge on any atom is 0.223 e. The van der Waals surface area contributed by atoms with E-state index >= 15 is 0 Å². The number of amides is 1. The van der Waals surface area contributed by atoms with Gasteiger partial charge >= 0.3 is 0 Å². The predicted octanol–water partition coefficient (Wildman–Crippen LogP) is 0.867. The zero-order valence-electron chi connectivity index (χ0n) is 7.31. The van der Waals surface area contributed by atoms with Crippen LogP contribution in [0.4, 0.5) is 0 Å². The fourth-order valence-corrected chi connectivity index (χ4v) is 0.705. The number of carbonyl (C=O) groups excluding carboxylic acids is 2. The largest absolute Gasteiger partial charge is 0.369 e. The topological polar surface area (TPSA) is 60.2 Å². The van der Waals surface area contributed by atoms with Crippen molar-refractivity contribution in [2.75, 3.05) is 0 Å². The van der Waals surface area contributed by atoms with Crippen molar-refractivity contribution in [1.82, 2.24) is 0 Å². The minimum Gasteiger partial charge on any atom is -0.369 e. The lowest BCUT2D eigenvalue weighted by Crippen LogP contribution is -2.33. The molecule has 0 bridgehead atoms. The molecular formula is C8H15NO2. The maximum atomic E-state index is 10.9. The number of hydrogen-bond acceptors (Lipinski definition) is 2. The van der Waals surface area contributed by atoms with Crippen LogP contribution in [0.15, 0.2) is 0 Å². The molecule has 0 saturated carbocycles. The zero-order valence-corrected chi connectivity index (χ0v) is 7.31. The van der Waals surface area contributed by atoms with Gasteiger partial charge in [-0.3, -0.25) is 9.59 Å². The number of nitrogens with two attached hydrogens (primary N) is 1. The highest BCUT2D eigenvalue weighted by molar-refractivity contribution is 5.88. The molecule has 3 heteroatoms. The number of Topliss-reactive ketones (excluding diaryl/α,β-unsaturated/α-hetero) is 1. The first kappa shape index (κ1) is 10.1. The molecule has 0 rings (SSSR count). The molecule has 0 aliphatic rings. The second-order valence-corrected chi connectivity index (χ2v) is 3.32. The molecule has 0 atom stereocenters. The molecular weight excluding hydrogens is 142 g/mol. The lowest BCUT2D eigenvalue weighted by molar-refractivity contribution is -0.131. The summed E-state index contributed by atoms with van der Waals surface area (Å²) in [6, 6.07) is 0. The summed E-state index contributed by atoms with van der Waals surface area (Å²) >= 11 is 0. The summed E-state index contributed by atoms with van der Waals surface area (Å²) in [7, 11) is 0. The summed E-state index contributed by atoms with van der Waals surface area (Å²) in [5.41, 5.74) is 4.39. The number of rotatable bonds is 4. The molecule has 1 amide bonds. The van der Waals surface area contributed by atoms with Crippen molar-refractivity contribution >= 4 is 11.7 Å². The minimum absolute atomic E-state index is 0.0776. The summed E-state index contributed by atoms with van der Waals surface area (Å²) in [5.74, 6) is -0.340. The molecule has 0 aromatic heterocycles. The van der Waals surface area contributed by atoms with Crippen molar-refractivity contribution in [3.63, 3.8) is 0 Å². The van der Waals surface area contributed by atoms with E-state index in [1.807, 2.05) is 0 Å². The van der Waals surface area contributed by atoms with Crippen LogP contribution in [0.2, 0.25) is 0 Å². The number of ketones is 1. The van der Waals surface area contributed by atoms with Crippen LogP contribution >= 0.6 is 0 Å². The Morgan fingerprint density at radius 2 is 1.82 bits per heavy atom. The van der Waals surface area contributed by atoms with Crippen molar-refractivity contribution in [2.24, 2.45) is 11.1 Å². The van der Waals surface area contributed by atoms with Gasteiger partial charge in [0.05, 0.1) is 5.41 Å². The molecule has 0 unspecified atom stereocenters. The van der Waals surface area contributed by atoms with E-state index in [-0.39, 0.29) is 12.2 Å². The van der Waals surface area contributed by atoms with Crippen LogP contribution in [0.25, 0.3) is 0 Å². The van der Waals surface area contributed by atoms with Gasteiger partial charge in [0.1, 0.15) is 5.78 Å². The molecule has 2 N–H and O–H groups in total. The van der Waals surface area contributed by atoms with Gasteiger partial charge in [0.2, 0.25) is 5.91 Å². The van der Waals surface area contributed by atoms with E-state index in [1.165, 1.54) is 0 Å². The van der Waals surface area contributed by atoms with Gasteiger partial charge in [-0.1, -0.05) is 20.8 Å². The first-order valence-corrected chi connectivity index (χ1v) is 3.71. The Morgan fingerprint density at radius 3 is 2.09 bits per heavy atom. The van der Waals surface area contributed by atoms with Gasteiger partial charge in [-0.25, -0.2) is 0 Å². The van der Waals surface area contributed by atoms with Crippen molar-refractivity contribution in [1.29, 1.82) is 0 Å². The molecule has 0 aromatic rings. The van der Waals surface area contributed by atoms with E-state index in [0.717, 1.165) is 0 Å². The SMILES string of the molecule is CCC(=O)CC(C)(C)C(N)=O. The number of hydrogen-bond donors (Lipinski definition) is 1. The molecule has 11 heavy (non-hydrogen) atoms. The van der Waals surface area contributed by atoms with Crippen LogP contribution in [-0.4, -0.2) is 11.7 Å². The smallest absolute Gasteiger partial charge is 0.223 e. The lowest BCUT2D eigenvalue weighted by Gasteiger charge is -2.18. The summed E-state index contributed by atoms with van der Waals surface area (Å²) in [6.45, 7) is 5.14. The molecule has 0 radical (unpaired) electrons. The minimum atomic E-state index is -0.687. The second-order valence-electron chi connectivity index (χ2n) is 3.32. The Kier molecular flexibility index (Phi) is 3.23. The summed E-state index contributed by atoms with van der Waals surface area (Å²) in [6.07, 6.45) is 0.718. The third-order valence-corrected chi connectivity index (χ3v) is 1.70. The van der Waals surface area contributed by atoms with Crippen LogP contribution in [0.1, 0.15) is 33.6 Å². The molecule has 64 valence electrons. The highest BCUT2D eigenvalue weighted by Crippen LogP contribution is 2.20. The van der Waals surface area contributed by atoms with Crippen molar-refractivity contribution in [2.45, 2.75) is 33.6 Å². The van der Waals surface area contributed by atoms with Crippen LogP contribution in [-0.2, 0) is 9.59 Å². The van der Waals surface area contributed by atoms with Gasteiger partial charge in [0.15, 0.2) is 0 Å². The molecule has 0 fully saturated rings. The van der Waals surface area contributed by atoms with E-state index in [9.17, 15) is 9.59 Å². The molecule has 0 spiro atoms.